The normalized spacial score (nSPS) is 21.1. The number of aryl methyl sites for hydroxylation is 1. The fraction of sp³-hybridized carbons (Fsp3) is 0.560. The van der Waals surface area contributed by atoms with Crippen LogP contribution in [0.15, 0.2) is 36.7 Å². The number of hydrogen-bond acceptors (Lipinski definition) is 5. The lowest BCUT2D eigenvalue weighted by molar-refractivity contribution is 0.104. The van der Waals surface area contributed by atoms with Crippen molar-refractivity contribution in [2.45, 2.75) is 44.1 Å². The van der Waals surface area contributed by atoms with Crippen molar-refractivity contribution in [1.29, 1.82) is 0 Å². The number of hydrogen-bond donors (Lipinski definition) is 0. The number of para-hydroxylation sites is 1. The average Bonchev–Trinajstić information content (AvgIpc) is 3.14. The van der Waals surface area contributed by atoms with E-state index in [-0.39, 0.29) is 11.4 Å². The van der Waals surface area contributed by atoms with E-state index in [1.165, 1.54) is 18.4 Å². The maximum Gasteiger partial charge on any atom is 0.323 e. The predicted molar refractivity (Wildman–Crippen MR) is 127 cm³/mol. The summed E-state index contributed by atoms with van der Waals surface area (Å²) in [4.78, 5) is 30.5. The van der Waals surface area contributed by atoms with E-state index < -0.39 is 0 Å². The highest BCUT2D eigenvalue weighted by Gasteiger charge is 2.47. The summed E-state index contributed by atoms with van der Waals surface area (Å²) in [5, 5.41) is 0. The molecule has 3 aliphatic rings. The molecule has 2 aromatic rings. The van der Waals surface area contributed by atoms with Crippen molar-refractivity contribution in [3.8, 4) is 0 Å². The van der Waals surface area contributed by atoms with Crippen LogP contribution in [0.3, 0.4) is 0 Å². The van der Waals surface area contributed by atoms with Crippen LogP contribution in [0, 0.1) is 6.92 Å². The highest BCUT2D eigenvalue weighted by atomic mass is 16.2. The largest absolute Gasteiger partial charge is 0.355 e. The first-order valence-electron chi connectivity index (χ1n) is 11.8. The summed E-state index contributed by atoms with van der Waals surface area (Å²) in [5.74, 6) is 1.000. The van der Waals surface area contributed by atoms with Crippen molar-refractivity contribution in [2.24, 2.45) is 0 Å². The van der Waals surface area contributed by atoms with Crippen molar-refractivity contribution in [3.05, 3.63) is 47.9 Å². The summed E-state index contributed by atoms with van der Waals surface area (Å²) in [5.41, 5.74) is 3.52. The third-order valence-electron chi connectivity index (χ3n) is 7.67. The lowest BCUT2D eigenvalue weighted by atomic mass is 9.74. The minimum Gasteiger partial charge on any atom is -0.355 e. The Morgan fingerprint density at radius 1 is 1.03 bits per heavy atom. The summed E-state index contributed by atoms with van der Waals surface area (Å²) in [7, 11) is 3.68. The van der Waals surface area contributed by atoms with Crippen molar-refractivity contribution < 1.29 is 4.79 Å². The number of rotatable bonds is 2. The SMILES string of the molecule is Cc1cnc(N2CCC(N3CCC4(CC3)CN(C(=O)N(C)C)c3ccccc34)CC2)cn1. The Hall–Kier alpha value is -2.67. The monoisotopic (exact) mass is 434 g/mol. The number of anilines is 2. The molecule has 3 aliphatic heterocycles. The van der Waals surface area contributed by atoms with E-state index in [1.807, 2.05) is 38.3 Å². The van der Waals surface area contributed by atoms with Crippen LogP contribution in [-0.4, -0.2) is 78.7 Å². The number of likely N-dealkylation sites (tertiary alicyclic amines) is 1. The van der Waals surface area contributed by atoms with Gasteiger partial charge in [-0.15, -0.1) is 0 Å². The third kappa shape index (κ3) is 3.72. The molecule has 0 saturated carbocycles. The standard InChI is InChI=1S/C25H34N6O/c1-19-16-27-23(17-26-19)30-12-8-20(9-13-30)29-14-10-25(11-15-29)18-31(24(32)28(2)3)22-7-5-4-6-21(22)25/h4-7,16-17,20H,8-15,18H2,1-3H3. The van der Waals surface area contributed by atoms with Gasteiger partial charge < -0.3 is 14.7 Å². The van der Waals surface area contributed by atoms with E-state index in [0.29, 0.717) is 6.04 Å². The molecule has 2 saturated heterocycles. The molecule has 0 N–H and O–H groups in total. The number of nitrogens with zero attached hydrogens (tertiary/aromatic N) is 6. The number of carbonyl (C=O) groups is 1. The Morgan fingerprint density at radius 2 is 1.75 bits per heavy atom. The van der Waals surface area contributed by atoms with Gasteiger partial charge >= 0.3 is 6.03 Å². The molecule has 170 valence electrons. The summed E-state index contributed by atoms with van der Waals surface area (Å²) >= 11 is 0. The molecule has 1 aromatic carbocycles. The van der Waals surface area contributed by atoms with E-state index >= 15 is 0 Å². The van der Waals surface area contributed by atoms with Gasteiger partial charge in [0.15, 0.2) is 0 Å². The fourth-order valence-electron chi connectivity index (χ4n) is 5.80. The van der Waals surface area contributed by atoms with Crippen LogP contribution < -0.4 is 9.80 Å². The molecule has 7 heteroatoms. The molecule has 1 spiro atoms. The lowest BCUT2D eigenvalue weighted by Crippen LogP contribution is -2.52. The molecule has 32 heavy (non-hydrogen) atoms. The first-order valence-corrected chi connectivity index (χ1v) is 11.8. The third-order valence-corrected chi connectivity index (χ3v) is 7.67. The van der Waals surface area contributed by atoms with E-state index in [2.05, 4.69) is 44.0 Å². The fourth-order valence-corrected chi connectivity index (χ4v) is 5.80. The topological polar surface area (TPSA) is 55.8 Å². The Morgan fingerprint density at radius 3 is 2.41 bits per heavy atom. The van der Waals surface area contributed by atoms with Gasteiger partial charge in [-0.05, 0) is 57.3 Å². The average molecular weight is 435 g/mol. The quantitative estimate of drug-likeness (QED) is 0.726. The van der Waals surface area contributed by atoms with Gasteiger partial charge in [0.2, 0.25) is 0 Å². The van der Waals surface area contributed by atoms with Gasteiger partial charge in [-0.25, -0.2) is 9.78 Å². The number of amides is 2. The van der Waals surface area contributed by atoms with Crippen molar-refractivity contribution in [2.75, 3.05) is 56.6 Å². The number of aromatic nitrogens is 2. The second-order valence-electron chi connectivity index (χ2n) is 9.83. The molecular weight excluding hydrogens is 400 g/mol. The highest BCUT2D eigenvalue weighted by molar-refractivity contribution is 5.95. The molecule has 7 nitrogen and oxygen atoms in total. The second kappa shape index (κ2) is 8.35. The van der Waals surface area contributed by atoms with Gasteiger partial charge in [-0.3, -0.25) is 9.88 Å². The Bertz CT molecular complexity index is 959. The molecule has 5 rings (SSSR count). The Labute approximate surface area is 191 Å². The van der Waals surface area contributed by atoms with Crippen LogP contribution in [0.2, 0.25) is 0 Å². The van der Waals surface area contributed by atoms with Crippen LogP contribution in [0.5, 0.6) is 0 Å². The van der Waals surface area contributed by atoms with Crippen LogP contribution >= 0.6 is 0 Å². The van der Waals surface area contributed by atoms with Gasteiger partial charge in [-0.1, -0.05) is 18.2 Å². The highest BCUT2D eigenvalue weighted by Crippen LogP contribution is 2.47. The number of carbonyl (C=O) groups excluding carboxylic acids is 1. The van der Waals surface area contributed by atoms with Crippen molar-refractivity contribution in [3.63, 3.8) is 0 Å². The zero-order valence-corrected chi connectivity index (χ0v) is 19.5. The van der Waals surface area contributed by atoms with Gasteiger partial charge in [0.1, 0.15) is 5.82 Å². The van der Waals surface area contributed by atoms with Gasteiger partial charge in [0.05, 0.1) is 18.1 Å². The maximum atomic E-state index is 12.8. The first-order chi connectivity index (χ1) is 15.5. The molecule has 4 heterocycles. The van der Waals surface area contributed by atoms with Gasteiger partial charge in [-0.2, -0.15) is 0 Å². The van der Waals surface area contributed by atoms with Crippen LogP contribution in [0.1, 0.15) is 36.9 Å². The van der Waals surface area contributed by atoms with E-state index in [0.717, 1.165) is 62.8 Å². The summed E-state index contributed by atoms with van der Waals surface area (Å²) in [6.45, 7) is 7.07. The molecule has 2 amide bonds. The first kappa shape index (κ1) is 21.2. The Kier molecular flexibility index (Phi) is 5.53. The zero-order valence-electron chi connectivity index (χ0n) is 19.5. The minimum atomic E-state index is 0.0864. The number of urea groups is 1. The van der Waals surface area contributed by atoms with E-state index in [1.54, 1.807) is 4.90 Å². The molecule has 0 unspecified atom stereocenters. The number of piperidine rings is 2. The van der Waals surface area contributed by atoms with Crippen molar-refractivity contribution in [1.82, 2.24) is 19.8 Å². The molecular formula is C25H34N6O. The Balaban J connectivity index is 1.23. The number of benzene rings is 1. The van der Waals surface area contributed by atoms with Crippen LogP contribution in [-0.2, 0) is 5.41 Å². The molecule has 2 fully saturated rings. The van der Waals surface area contributed by atoms with Gasteiger partial charge in [0, 0.05) is 50.9 Å². The predicted octanol–water partition coefficient (Wildman–Crippen LogP) is 3.29. The summed E-state index contributed by atoms with van der Waals surface area (Å²) in [6.07, 6.45) is 8.33. The van der Waals surface area contributed by atoms with E-state index in [9.17, 15) is 4.79 Å². The van der Waals surface area contributed by atoms with Crippen LogP contribution in [0.4, 0.5) is 16.3 Å². The lowest BCUT2D eigenvalue weighted by Gasteiger charge is -2.45. The molecule has 0 aliphatic carbocycles. The maximum absolute atomic E-state index is 12.8. The van der Waals surface area contributed by atoms with Gasteiger partial charge in [0.25, 0.3) is 0 Å². The molecule has 0 radical (unpaired) electrons. The smallest absolute Gasteiger partial charge is 0.323 e. The van der Waals surface area contributed by atoms with Crippen LogP contribution in [0.25, 0.3) is 0 Å². The zero-order chi connectivity index (χ0) is 22.3. The summed E-state index contributed by atoms with van der Waals surface area (Å²) in [6, 6.07) is 9.26. The van der Waals surface area contributed by atoms with E-state index in [4.69, 9.17) is 0 Å². The van der Waals surface area contributed by atoms with Crippen molar-refractivity contribution >= 4 is 17.5 Å². The molecule has 1 aromatic heterocycles. The number of fused-ring (bicyclic) bond motifs is 2. The minimum absolute atomic E-state index is 0.0864. The molecule has 0 bridgehead atoms. The molecule has 0 atom stereocenters. The summed E-state index contributed by atoms with van der Waals surface area (Å²) < 4.78 is 0. The second-order valence-corrected chi connectivity index (χ2v) is 9.83.